The van der Waals surface area contributed by atoms with Crippen LogP contribution in [0.25, 0.3) is 0 Å². The standard InChI is InChI=1S/C31H35N5O7S/c1-22-7-13-25(14-8-22)44(41,42)36-16-4-5-27(36)29(37)33-26(30(38)39)21-23-9-11-24(12-10-23)43-31(40)35-19-17-34(18-20-35)28-6-2-3-15-32-28/h2-3,6-15,26-27H,4-5,16-21H2,1H3,(H,33,37)(H,38,39)/t26-,27-/m0/s1. The number of anilines is 1. The van der Waals surface area contributed by atoms with Crippen molar-refractivity contribution in [1.29, 1.82) is 0 Å². The smallest absolute Gasteiger partial charge is 0.415 e. The quantitative estimate of drug-likeness (QED) is 0.368. The van der Waals surface area contributed by atoms with Crippen LogP contribution >= 0.6 is 0 Å². The van der Waals surface area contributed by atoms with Crippen LogP contribution in [0.4, 0.5) is 10.6 Å². The Morgan fingerprint density at radius 3 is 2.32 bits per heavy atom. The number of carbonyl (C=O) groups excluding carboxylic acids is 2. The van der Waals surface area contributed by atoms with Crippen LogP contribution in [0.1, 0.15) is 24.0 Å². The Morgan fingerprint density at radius 2 is 1.68 bits per heavy atom. The third-order valence-corrected chi connectivity index (χ3v) is 9.75. The average Bonchev–Trinajstić information content (AvgIpc) is 3.54. The number of piperazine rings is 1. The first-order chi connectivity index (χ1) is 21.1. The number of aliphatic carboxylic acids is 1. The minimum Gasteiger partial charge on any atom is -0.480 e. The maximum absolute atomic E-state index is 13.2. The van der Waals surface area contributed by atoms with Crippen molar-refractivity contribution in [3.05, 3.63) is 84.1 Å². The Hall–Kier alpha value is -4.49. The molecule has 44 heavy (non-hydrogen) atoms. The molecule has 0 saturated carbocycles. The van der Waals surface area contributed by atoms with Gasteiger partial charge in [0.2, 0.25) is 15.9 Å². The Bertz CT molecular complexity index is 1580. The van der Waals surface area contributed by atoms with E-state index in [4.69, 9.17) is 4.74 Å². The van der Waals surface area contributed by atoms with Crippen molar-refractivity contribution in [2.75, 3.05) is 37.6 Å². The van der Waals surface area contributed by atoms with Crippen LogP contribution < -0.4 is 15.0 Å². The van der Waals surface area contributed by atoms with E-state index >= 15 is 0 Å². The summed E-state index contributed by atoms with van der Waals surface area (Å²) in [6, 6.07) is 16.2. The predicted molar refractivity (Wildman–Crippen MR) is 162 cm³/mol. The summed E-state index contributed by atoms with van der Waals surface area (Å²) < 4.78 is 33.2. The lowest BCUT2D eigenvalue weighted by Crippen LogP contribution is -2.51. The molecular weight excluding hydrogens is 586 g/mol. The van der Waals surface area contributed by atoms with Crippen molar-refractivity contribution < 1.29 is 32.6 Å². The summed E-state index contributed by atoms with van der Waals surface area (Å²) in [6.07, 6.45) is 2.00. The molecule has 2 aromatic carbocycles. The minimum atomic E-state index is -3.93. The molecule has 232 valence electrons. The van der Waals surface area contributed by atoms with Crippen molar-refractivity contribution in [2.45, 2.75) is 43.2 Å². The predicted octanol–water partition coefficient (Wildman–Crippen LogP) is 2.68. The first-order valence-electron chi connectivity index (χ1n) is 14.5. The van der Waals surface area contributed by atoms with Crippen molar-refractivity contribution in [2.24, 2.45) is 0 Å². The minimum absolute atomic E-state index is 0.0395. The molecule has 0 unspecified atom stereocenters. The van der Waals surface area contributed by atoms with E-state index in [1.54, 1.807) is 47.5 Å². The molecule has 0 spiro atoms. The molecule has 2 fully saturated rings. The molecule has 0 radical (unpaired) electrons. The number of nitrogens with one attached hydrogen (secondary N) is 1. The number of ether oxygens (including phenoxy) is 1. The number of carboxylic acids is 1. The highest BCUT2D eigenvalue weighted by Crippen LogP contribution is 2.27. The Balaban J connectivity index is 1.15. The summed E-state index contributed by atoms with van der Waals surface area (Å²) in [4.78, 5) is 46.1. The van der Waals surface area contributed by atoms with Gasteiger partial charge >= 0.3 is 12.1 Å². The molecule has 2 atom stereocenters. The van der Waals surface area contributed by atoms with E-state index in [0.717, 1.165) is 15.7 Å². The van der Waals surface area contributed by atoms with E-state index in [-0.39, 0.29) is 17.9 Å². The molecule has 0 aliphatic carbocycles. The van der Waals surface area contributed by atoms with Crippen LogP contribution in [0.5, 0.6) is 5.75 Å². The number of sulfonamides is 1. The number of benzene rings is 2. The molecule has 5 rings (SSSR count). The zero-order chi connectivity index (χ0) is 31.3. The fraction of sp³-hybridized carbons (Fsp3) is 0.355. The van der Waals surface area contributed by atoms with Gasteiger partial charge in [0.05, 0.1) is 4.90 Å². The third-order valence-electron chi connectivity index (χ3n) is 7.83. The molecule has 12 nitrogen and oxygen atoms in total. The number of aryl methyl sites for hydroxylation is 1. The molecule has 0 bridgehead atoms. The van der Waals surface area contributed by atoms with E-state index in [1.165, 1.54) is 12.1 Å². The second kappa shape index (κ2) is 13.4. The number of hydrogen-bond donors (Lipinski definition) is 2. The highest BCUT2D eigenvalue weighted by atomic mass is 32.2. The Morgan fingerprint density at radius 1 is 0.977 bits per heavy atom. The summed E-state index contributed by atoms with van der Waals surface area (Å²) >= 11 is 0. The molecule has 13 heteroatoms. The van der Waals surface area contributed by atoms with Gasteiger partial charge in [-0.1, -0.05) is 35.9 Å². The zero-order valence-corrected chi connectivity index (χ0v) is 25.2. The van der Waals surface area contributed by atoms with E-state index in [0.29, 0.717) is 50.3 Å². The summed E-state index contributed by atoms with van der Waals surface area (Å²) in [5.41, 5.74) is 1.50. The molecule has 1 aromatic heterocycles. The van der Waals surface area contributed by atoms with Gasteiger partial charge in [-0.25, -0.2) is 23.0 Å². The lowest BCUT2D eigenvalue weighted by Gasteiger charge is -2.34. The summed E-state index contributed by atoms with van der Waals surface area (Å²) in [5, 5.41) is 12.4. The van der Waals surface area contributed by atoms with Crippen LogP contribution in [0, 0.1) is 6.92 Å². The van der Waals surface area contributed by atoms with Gasteiger partial charge in [0.15, 0.2) is 0 Å². The van der Waals surface area contributed by atoms with Gasteiger partial charge in [-0.05, 0) is 61.7 Å². The van der Waals surface area contributed by atoms with Crippen molar-refractivity contribution in [3.8, 4) is 5.75 Å². The summed E-state index contributed by atoms with van der Waals surface area (Å²) in [5.74, 6) is -0.728. The van der Waals surface area contributed by atoms with Crippen LogP contribution in [0.15, 0.2) is 77.8 Å². The second-order valence-electron chi connectivity index (χ2n) is 10.9. The number of aromatic nitrogens is 1. The maximum atomic E-state index is 13.2. The first-order valence-corrected chi connectivity index (χ1v) is 15.9. The van der Waals surface area contributed by atoms with Gasteiger partial charge in [-0.15, -0.1) is 0 Å². The van der Waals surface area contributed by atoms with Crippen LogP contribution in [-0.2, 0) is 26.0 Å². The number of amides is 2. The SMILES string of the molecule is Cc1ccc(S(=O)(=O)N2CCC[C@H]2C(=O)N[C@@H](Cc2ccc(OC(=O)N3CCN(c4ccccn4)CC3)cc2)C(=O)O)cc1. The molecular formula is C31H35N5O7S. The Labute approximate surface area is 256 Å². The lowest BCUT2D eigenvalue weighted by molar-refractivity contribution is -0.142. The van der Waals surface area contributed by atoms with E-state index < -0.39 is 40.1 Å². The van der Waals surface area contributed by atoms with Gasteiger partial charge in [0.1, 0.15) is 23.7 Å². The fourth-order valence-electron chi connectivity index (χ4n) is 5.36. The van der Waals surface area contributed by atoms with Crippen LogP contribution in [0.2, 0.25) is 0 Å². The molecule has 3 heterocycles. The highest BCUT2D eigenvalue weighted by molar-refractivity contribution is 7.89. The van der Waals surface area contributed by atoms with Crippen LogP contribution in [0.3, 0.4) is 0 Å². The molecule has 3 aromatic rings. The topological polar surface area (TPSA) is 149 Å². The largest absolute Gasteiger partial charge is 0.480 e. The van der Waals surface area contributed by atoms with Gasteiger partial charge < -0.3 is 25.0 Å². The highest BCUT2D eigenvalue weighted by Gasteiger charge is 2.40. The number of carboxylic acid groups (broad SMARTS) is 1. The summed E-state index contributed by atoms with van der Waals surface area (Å²) in [6.45, 7) is 4.25. The molecule has 2 saturated heterocycles. The Kier molecular flexibility index (Phi) is 9.45. The summed E-state index contributed by atoms with van der Waals surface area (Å²) in [7, 11) is -3.93. The van der Waals surface area contributed by atoms with Crippen molar-refractivity contribution >= 4 is 33.8 Å². The number of nitrogens with zero attached hydrogens (tertiary/aromatic N) is 4. The average molecular weight is 622 g/mol. The fourth-order valence-corrected chi connectivity index (χ4v) is 7.01. The van der Waals surface area contributed by atoms with Gasteiger partial charge in [0.25, 0.3) is 0 Å². The third kappa shape index (κ3) is 7.17. The molecule has 2 aliphatic heterocycles. The van der Waals surface area contributed by atoms with E-state index in [9.17, 15) is 27.9 Å². The molecule has 2 N–H and O–H groups in total. The van der Waals surface area contributed by atoms with Gasteiger partial charge in [0, 0.05) is 45.3 Å². The number of rotatable bonds is 9. The van der Waals surface area contributed by atoms with E-state index in [2.05, 4.69) is 15.2 Å². The van der Waals surface area contributed by atoms with Crippen molar-refractivity contribution in [1.82, 2.24) is 19.5 Å². The van der Waals surface area contributed by atoms with E-state index in [1.807, 2.05) is 25.1 Å². The number of hydrogen-bond acceptors (Lipinski definition) is 8. The van der Waals surface area contributed by atoms with Gasteiger partial charge in [-0.2, -0.15) is 4.31 Å². The monoisotopic (exact) mass is 621 g/mol. The normalized spacial score (nSPS) is 18.1. The second-order valence-corrected chi connectivity index (χ2v) is 12.8. The van der Waals surface area contributed by atoms with Gasteiger partial charge in [-0.3, -0.25) is 4.79 Å². The van der Waals surface area contributed by atoms with Crippen LogP contribution in [-0.4, -0.2) is 90.5 Å². The lowest BCUT2D eigenvalue weighted by atomic mass is 10.1. The maximum Gasteiger partial charge on any atom is 0.415 e. The van der Waals surface area contributed by atoms with Crippen molar-refractivity contribution in [3.63, 3.8) is 0 Å². The zero-order valence-electron chi connectivity index (χ0n) is 24.3. The molecule has 2 aliphatic rings. The molecule has 2 amide bonds. The number of pyridine rings is 1. The number of carbonyl (C=O) groups is 3. The first kappa shape index (κ1) is 31.0.